The molecule has 0 saturated heterocycles. The van der Waals surface area contributed by atoms with Crippen LogP contribution in [0.5, 0.6) is 0 Å². The summed E-state index contributed by atoms with van der Waals surface area (Å²) in [5.41, 5.74) is 4.42. The highest BCUT2D eigenvalue weighted by Gasteiger charge is 2.38. The van der Waals surface area contributed by atoms with E-state index in [4.69, 9.17) is 0 Å². The van der Waals surface area contributed by atoms with E-state index in [-0.39, 0.29) is 0 Å². The van der Waals surface area contributed by atoms with Gasteiger partial charge in [-0.2, -0.15) is 0 Å². The van der Waals surface area contributed by atoms with Crippen molar-refractivity contribution in [2.45, 2.75) is 5.54 Å². The lowest BCUT2D eigenvalue weighted by Crippen LogP contribution is -2.36. The number of benzene rings is 3. The Morgan fingerprint density at radius 3 is 1.69 bits per heavy atom. The van der Waals surface area contributed by atoms with Crippen molar-refractivity contribution in [3.8, 4) is 11.4 Å². The van der Waals surface area contributed by atoms with Crippen molar-refractivity contribution in [1.82, 2.24) is 14.5 Å². The topological polar surface area (TPSA) is 47.8 Å². The molecule has 0 aliphatic heterocycles. The average Bonchev–Trinajstić information content (AvgIpc) is 3.37. The second-order valence-corrected chi connectivity index (χ2v) is 7.53. The van der Waals surface area contributed by atoms with E-state index in [1.54, 1.807) is 18.3 Å². The van der Waals surface area contributed by atoms with Crippen LogP contribution in [-0.2, 0) is 5.54 Å². The molecule has 0 saturated carbocycles. The Labute approximate surface area is 186 Å². The third-order valence-corrected chi connectivity index (χ3v) is 5.75. The number of aldehydes is 1. The van der Waals surface area contributed by atoms with Crippen molar-refractivity contribution < 1.29 is 4.79 Å². The van der Waals surface area contributed by atoms with Crippen molar-refractivity contribution in [1.29, 1.82) is 0 Å². The minimum atomic E-state index is -0.648. The van der Waals surface area contributed by atoms with Gasteiger partial charge in [0.2, 0.25) is 0 Å². The molecule has 0 unspecified atom stereocenters. The summed E-state index contributed by atoms with van der Waals surface area (Å²) in [6.45, 7) is 0. The highest BCUT2D eigenvalue weighted by atomic mass is 16.1. The maximum atomic E-state index is 11.6. The van der Waals surface area contributed by atoms with Crippen LogP contribution in [0, 0.1) is 0 Å². The highest BCUT2D eigenvalue weighted by Crippen LogP contribution is 2.41. The van der Waals surface area contributed by atoms with Crippen LogP contribution in [0.15, 0.2) is 122 Å². The maximum absolute atomic E-state index is 11.6. The zero-order valence-corrected chi connectivity index (χ0v) is 17.4. The number of aromatic nitrogens is 3. The maximum Gasteiger partial charge on any atom is 0.152 e. The van der Waals surface area contributed by atoms with E-state index in [0.717, 1.165) is 23.0 Å². The van der Waals surface area contributed by atoms with Gasteiger partial charge in [0, 0.05) is 18.0 Å². The molecule has 2 aromatic heterocycles. The van der Waals surface area contributed by atoms with Crippen LogP contribution < -0.4 is 0 Å². The number of carbonyl (C=O) groups excluding carboxylic acids is 1. The van der Waals surface area contributed by atoms with Gasteiger partial charge in [-0.3, -0.25) is 9.78 Å². The lowest BCUT2D eigenvalue weighted by Gasteiger charge is -2.37. The summed E-state index contributed by atoms with van der Waals surface area (Å²) in [7, 11) is 0. The Morgan fingerprint density at radius 2 is 1.19 bits per heavy atom. The van der Waals surface area contributed by atoms with E-state index >= 15 is 0 Å². The van der Waals surface area contributed by atoms with E-state index in [9.17, 15) is 4.79 Å². The first-order valence-corrected chi connectivity index (χ1v) is 10.5. The Bertz CT molecular complexity index is 1230. The molecule has 2 heterocycles. The minimum Gasteiger partial charge on any atom is -0.318 e. The van der Waals surface area contributed by atoms with E-state index in [1.807, 2.05) is 30.7 Å². The van der Waals surface area contributed by atoms with E-state index in [2.05, 4.69) is 87.3 Å². The second-order valence-electron chi connectivity index (χ2n) is 7.53. The molecule has 0 amide bonds. The predicted molar refractivity (Wildman–Crippen MR) is 125 cm³/mol. The highest BCUT2D eigenvalue weighted by molar-refractivity contribution is 5.84. The molecule has 5 aromatic rings. The zero-order valence-electron chi connectivity index (χ0n) is 17.4. The summed E-state index contributed by atoms with van der Waals surface area (Å²) in [5, 5.41) is 0. The fraction of sp³-hybridized carbons (Fsp3) is 0.0357. The Balaban J connectivity index is 1.82. The van der Waals surface area contributed by atoms with Crippen molar-refractivity contribution in [2.75, 3.05) is 0 Å². The van der Waals surface area contributed by atoms with E-state index in [0.29, 0.717) is 17.0 Å². The fourth-order valence-electron chi connectivity index (χ4n) is 4.34. The third kappa shape index (κ3) is 3.22. The molecule has 32 heavy (non-hydrogen) atoms. The molecule has 0 radical (unpaired) electrons. The van der Waals surface area contributed by atoms with Gasteiger partial charge in [0.1, 0.15) is 16.9 Å². The van der Waals surface area contributed by atoms with Gasteiger partial charge in [0.05, 0.1) is 6.33 Å². The first-order valence-electron chi connectivity index (χ1n) is 10.5. The minimum absolute atomic E-state index is 0.516. The van der Waals surface area contributed by atoms with Gasteiger partial charge in [-0.25, -0.2) is 4.98 Å². The quantitative estimate of drug-likeness (QED) is 0.268. The molecule has 3 aromatic carbocycles. The van der Waals surface area contributed by atoms with Gasteiger partial charge in [0.25, 0.3) is 0 Å². The van der Waals surface area contributed by atoms with E-state index < -0.39 is 5.54 Å². The molecule has 0 aliphatic rings. The van der Waals surface area contributed by atoms with Gasteiger partial charge in [-0.1, -0.05) is 91.0 Å². The smallest absolute Gasteiger partial charge is 0.152 e. The van der Waals surface area contributed by atoms with Crippen LogP contribution >= 0.6 is 0 Å². The fourth-order valence-corrected chi connectivity index (χ4v) is 4.34. The molecular weight excluding hydrogens is 394 g/mol. The second kappa shape index (κ2) is 8.44. The standard InChI is InChI=1S/C28H21N3O/c32-20-22-11-10-18-29-27(22)26-19-31(21-30-26)28(23-12-4-1-5-13-23,24-14-6-2-7-15-24)25-16-8-3-9-17-25/h1-21H. The summed E-state index contributed by atoms with van der Waals surface area (Å²) < 4.78 is 2.12. The lowest BCUT2D eigenvalue weighted by molar-refractivity contribution is 0.112. The Morgan fingerprint density at radius 1 is 0.656 bits per heavy atom. The SMILES string of the molecule is O=Cc1cccnc1-c1cn(C(c2ccccc2)(c2ccccc2)c2ccccc2)cn1. The van der Waals surface area contributed by atoms with Crippen molar-refractivity contribution in [2.24, 2.45) is 0 Å². The molecule has 154 valence electrons. The van der Waals surface area contributed by atoms with Crippen LogP contribution in [0.2, 0.25) is 0 Å². The van der Waals surface area contributed by atoms with Crippen LogP contribution in [-0.4, -0.2) is 20.8 Å². The number of nitrogens with zero attached hydrogens (tertiary/aromatic N) is 3. The largest absolute Gasteiger partial charge is 0.318 e. The van der Waals surface area contributed by atoms with Gasteiger partial charge in [-0.05, 0) is 28.8 Å². The summed E-state index contributed by atoms with van der Waals surface area (Å²) >= 11 is 0. The lowest BCUT2D eigenvalue weighted by atomic mass is 9.77. The number of carbonyl (C=O) groups is 1. The van der Waals surface area contributed by atoms with Crippen LogP contribution in [0.1, 0.15) is 27.0 Å². The molecule has 4 nitrogen and oxygen atoms in total. The third-order valence-electron chi connectivity index (χ3n) is 5.75. The molecule has 0 fully saturated rings. The van der Waals surface area contributed by atoms with Gasteiger partial charge in [0.15, 0.2) is 6.29 Å². The number of imidazole rings is 1. The average molecular weight is 415 g/mol. The van der Waals surface area contributed by atoms with Gasteiger partial charge in [-0.15, -0.1) is 0 Å². The molecule has 5 rings (SSSR count). The number of pyridine rings is 1. The van der Waals surface area contributed by atoms with Crippen molar-refractivity contribution >= 4 is 6.29 Å². The predicted octanol–water partition coefficient (Wildman–Crippen LogP) is 5.60. The molecular formula is C28H21N3O. The molecule has 0 spiro atoms. The zero-order chi connectivity index (χ0) is 21.8. The first-order chi connectivity index (χ1) is 15.8. The number of hydrogen-bond donors (Lipinski definition) is 0. The summed E-state index contributed by atoms with van der Waals surface area (Å²) in [6.07, 6.45) is 6.30. The Hall–Kier alpha value is -4.31. The molecule has 0 atom stereocenters. The van der Waals surface area contributed by atoms with E-state index in [1.165, 1.54) is 0 Å². The monoisotopic (exact) mass is 415 g/mol. The molecule has 0 bridgehead atoms. The number of rotatable bonds is 6. The number of hydrogen-bond acceptors (Lipinski definition) is 3. The molecule has 0 N–H and O–H groups in total. The summed E-state index contributed by atoms with van der Waals surface area (Å²) in [5.74, 6) is 0. The van der Waals surface area contributed by atoms with Crippen LogP contribution in [0.4, 0.5) is 0 Å². The van der Waals surface area contributed by atoms with Crippen LogP contribution in [0.3, 0.4) is 0 Å². The normalized spacial score (nSPS) is 11.2. The van der Waals surface area contributed by atoms with Gasteiger partial charge >= 0.3 is 0 Å². The van der Waals surface area contributed by atoms with Crippen LogP contribution in [0.25, 0.3) is 11.4 Å². The summed E-state index contributed by atoms with van der Waals surface area (Å²) in [6, 6.07) is 34.7. The Kier molecular flexibility index (Phi) is 5.18. The van der Waals surface area contributed by atoms with Crippen molar-refractivity contribution in [3.05, 3.63) is 144 Å². The molecule has 4 heteroatoms. The molecule has 0 aliphatic carbocycles. The van der Waals surface area contributed by atoms with Gasteiger partial charge < -0.3 is 4.57 Å². The summed E-state index contributed by atoms with van der Waals surface area (Å²) in [4.78, 5) is 20.7. The first kappa shape index (κ1) is 19.6. The van der Waals surface area contributed by atoms with Crippen molar-refractivity contribution in [3.63, 3.8) is 0 Å².